The molecule has 1 unspecified atom stereocenters. The zero-order valence-electron chi connectivity index (χ0n) is 19.9. The number of aromatic nitrogens is 1. The van der Waals surface area contributed by atoms with Crippen LogP contribution in [0.5, 0.6) is 0 Å². The lowest BCUT2D eigenvalue weighted by Gasteiger charge is -2.23. The van der Waals surface area contributed by atoms with Gasteiger partial charge in [0.2, 0.25) is 10.0 Å². The molecule has 2 aliphatic rings. The van der Waals surface area contributed by atoms with Gasteiger partial charge in [-0.15, -0.1) is 0 Å². The van der Waals surface area contributed by atoms with Crippen molar-refractivity contribution >= 4 is 26.9 Å². The molecule has 0 bridgehead atoms. The first-order valence-electron chi connectivity index (χ1n) is 11.6. The van der Waals surface area contributed by atoms with Gasteiger partial charge >= 0.3 is 6.09 Å². The normalized spacial score (nSPS) is 20.8. The molecule has 0 spiro atoms. The number of ether oxygens (including phenoxy) is 1. The van der Waals surface area contributed by atoms with Gasteiger partial charge in [-0.3, -0.25) is 4.98 Å². The van der Waals surface area contributed by atoms with Crippen molar-refractivity contribution < 1.29 is 17.9 Å². The highest BCUT2D eigenvalue weighted by Crippen LogP contribution is 2.46. The van der Waals surface area contributed by atoms with Gasteiger partial charge in [0.25, 0.3) is 0 Å². The summed E-state index contributed by atoms with van der Waals surface area (Å²) >= 11 is 0. The number of nitrogens with two attached hydrogens (primary N) is 1. The summed E-state index contributed by atoms with van der Waals surface area (Å²) in [5, 5.41) is 4.25. The van der Waals surface area contributed by atoms with Gasteiger partial charge in [-0.25, -0.2) is 17.9 Å². The lowest BCUT2D eigenvalue weighted by Crippen LogP contribution is -2.34. The number of rotatable bonds is 6. The Hall–Kier alpha value is -2.23. The SMILES string of the molecule is CC(C)CNS(=O)(=O)c1cc2c(c3cnc(C4CC4)cc13)C(NC(=O)OC(C)(C)C)C[C@@H]2N. The molecule has 9 heteroatoms. The third kappa shape index (κ3) is 5.15. The van der Waals surface area contributed by atoms with E-state index in [1.54, 1.807) is 33.0 Å². The van der Waals surface area contributed by atoms with Crippen LogP contribution in [-0.4, -0.2) is 31.6 Å². The Bertz CT molecular complexity index is 1180. The van der Waals surface area contributed by atoms with Crippen molar-refractivity contribution in [3.63, 3.8) is 0 Å². The number of benzene rings is 1. The number of fused-ring (bicyclic) bond motifs is 3. The van der Waals surface area contributed by atoms with Crippen molar-refractivity contribution in [1.82, 2.24) is 15.0 Å². The third-order valence-corrected chi connectivity index (χ3v) is 7.44. The number of amides is 1. The van der Waals surface area contributed by atoms with Gasteiger partial charge in [-0.1, -0.05) is 13.8 Å². The van der Waals surface area contributed by atoms with E-state index in [1.165, 1.54) is 0 Å². The summed E-state index contributed by atoms with van der Waals surface area (Å²) in [5.41, 5.74) is 8.24. The highest BCUT2D eigenvalue weighted by atomic mass is 32.2. The summed E-state index contributed by atoms with van der Waals surface area (Å²) in [7, 11) is -3.76. The number of nitrogens with zero attached hydrogens (tertiary/aromatic N) is 1. The maximum absolute atomic E-state index is 13.3. The third-order valence-electron chi connectivity index (χ3n) is 5.97. The monoisotopic (exact) mass is 474 g/mol. The number of carbonyl (C=O) groups is 1. The standard InChI is InChI=1S/C24H34N4O4S/c1-13(2)11-27-33(30,31)21-9-16-18(25)10-20(28-23(29)32-24(3,4)5)22(16)17-12-26-19(8-15(17)21)14-6-7-14/h8-9,12-14,18,20,27H,6-7,10-11,25H2,1-5H3,(H,28,29)/t18-,20?/m0/s1. The second kappa shape index (κ2) is 8.52. The van der Waals surface area contributed by atoms with E-state index >= 15 is 0 Å². The van der Waals surface area contributed by atoms with Crippen molar-refractivity contribution in [3.8, 4) is 0 Å². The fraction of sp³-hybridized carbons (Fsp3) is 0.583. The highest BCUT2D eigenvalue weighted by Gasteiger charge is 2.36. The van der Waals surface area contributed by atoms with E-state index in [2.05, 4.69) is 15.0 Å². The molecule has 2 aromatic rings. The molecular formula is C24H34N4O4S. The summed E-state index contributed by atoms with van der Waals surface area (Å²) in [6, 6.07) is 2.78. The average Bonchev–Trinajstić information content (AvgIpc) is 3.49. The molecule has 8 nitrogen and oxygen atoms in total. The van der Waals surface area contributed by atoms with Crippen molar-refractivity contribution in [1.29, 1.82) is 0 Å². The van der Waals surface area contributed by atoms with Gasteiger partial charge < -0.3 is 15.8 Å². The molecule has 0 saturated heterocycles. The minimum atomic E-state index is -3.76. The Morgan fingerprint density at radius 2 is 1.94 bits per heavy atom. The molecule has 4 N–H and O–H groups in total. The minimum Gasteiger partial charge on any atom is -0.444 e. The number of pyridine rings is 1. The fourth-order valence-electron chi connectivity index (χ4n) is 4.30. The Morgan fingerprint density at radius 3 is 2.55 bits per heavy atom. The van der Waals surface area contributed by atoms with Gasteiger partial charge in [0, 0.05) is 41.2 Å². The van der Waals surface area contributed by atoms with Crippen LogP contribution in [0.4, 0.5) is 4.79 Å². The van der Waals surface area contributed by atoms with Crippen LogP contribution in [0.25, 0.3) is 10.8 Å². The minimum absolute atomic E-state index is 0.175. The van der Waals surface area contributed by atoms with Gasteiger partial charge in [0.05, 0.1) is 10.9 Å². The number of alkyl carbamates (subject to hydrolysis) is 1. The molecule has 0 radical (unpaired) electrons. The highest BCUT2D eigenvalue weighted by molar-refractivity contribution is 7.89. The van der Waals surface area contributed by atoms with Crippen LogP contribution in [0.2, 0.25) is 0 Å². The zero-order valence-corrected chi connectivity index (χ0v) is 20.8. The maximum atomic E-state index is 13.3. The zero-order chi connectivity index (χ0) is 24.1. The number of nitrogens with one attached hydrogen (secondary N) is 2. The van der Waals surface area contributed by atoms with Crippen LogP contribution in [0.15, 0.2) is 23.2 Å². The summed E-state index contributed by atoms with van der Waals surface area (Å²) in [5.74, 6) is 0.550. The first-order valence-corrected chi connectivity index (χ1v) is 13.0. The largest absolute Gasteiger partial charge is 0.444 e. The van der Waals surface area contributed by atoms with Crippen LogP contribution in [0.1, 0.15) is 88.7 Å². The molecule has 1 aromatic carbocycles. The van der Waals surface area contributed by atoms with E-state index in [0.29, 0.717) is 29.7 Å². The van der Waals surface area contributed by atoms with Crippen LogP contribution in [0, 0.1) is 5.92 Å². The van der Waals surface area contributed by atoms with Gasteiger partial charge in [-0.05, 0) is 69.2 Å². The van der Waals surface area contributed by atoms with Gasteiger partial charge in [0.1, 0.15) is 5.60 Å². The summed E-state index contributed by atoms with van der Waals surface area (Å²) in [6.45, 7) is 9.68. The summed E-state index contributed by atoms with van der Waals surface area (Å²) < 4.78 is 34.8. The second-order valence-electron chi connectivity index (χ2n) is 10.6. The molecule has 1 aromatic heterocycles. The predicted octanol–water partition coefficient (Wildman–Crippen LogP) is 4.02. The van der Waals surface area contributed by atoms with Crippen molar-refractivity contribution in [3.05, 3.63) is 35.2 Å². The van der Waals surface area contributed by atoms with E-state index in [0.717, 1.165) is 29.7 Å². The summed E-state index contributed by atoms with van der Waals surface area (Å²) in [4.78, 5) is 17.4. The molecule has 1 saturated carbocycles. The average molecular weight is 475 g/mol. The lowest BCUT2D eigenvalue weighted by molar-refractivity contribution is 0.0503. The molecule has 180 valence electrons. The molecule has 1 fully saturated rings. The number of carbonyl (C=O) groups excluding carboxylic acids is 1. The Balaban J connectivity index is 1.82. The van der Waals surface area contributed by atoms with Gasteiger partial charge in [-0.2, -0.15) is 0 Å². The molecular weight excluding hydrogens is 440 g/mol. The quantitative estimate of drug-likeness (QED) is 0.581. The van der Waals surface area contributed by atoms with Crippen molar-refractivity contribution in [2.45, 2.75) is 82.4 Å². The number of sulfonamides is 1. The Kier molecular flexibility index (Phi) is 6.18. The first-order chi connectivity index (χ1) is 15.4. The van der Waals surface area contributed by atoms with E-state index in [-0.39, 0.29) is 16.9 Å². The molecule has 2 atom stereocenters. The number of hydrogen-bond acceptors (Lipinski definition) is 6. The smallest absolute Gasteiger partial charge is 0.408 e. The van der Waals surface area contributed by atoms with Gasteiger partial charge in [0.15, 0.2) is 0 Å². The van der Waals surface area contributed by atoms with Crippen molar-refractivity contribution in [2.24, 2.45) is 11.7 Å². The summed E-state index contributed by atoms with van der Waals surface area (Å²) in [6.07, 6.45) is 3.79. The first kappa shape index (κ1) is 23.9. The molecule has 2 aliphatic carbocycles. The maximum Gasteiger partial charge on any atom is 0.408 e. The molecule has 4 rings (SSSR count). The topological polar surface area (TPSA) is 123 Å². The van der Waals surface area contributed by atoms with Crippen LogP contribution in [0.3, 0.4) is 0 Å². The number of hydrogen-bond donors (Lipinski definition) is 3. The predicted molar refractivity (Wildman–Crippen MR) is 127 cm³/mol. The molecule has 0 aliphatic heterocycles. The van der Waals surface area contributed by atoms with Crippen molar-refractivity contribution in [2.75, 3.05) is 6.54 Å². The molecule has 1 heterocycles. The lowest BCUT2D eigenvalue weighted by atomic mass is 9.99. The van der Waals surface area contributed by atoms with E-state index in [4.69, 9.17) is 10.5 Å². The molecule has 1 amide bonds. The fourth-order valence-corrected chi connectivity index (χ4v) is 5.75. The van der Waals surface area contributed by atoms with Crippen LogP contribution >= 0.6 is 0 Å². The second-order valence-corrected chi connectivity index (χ2v) is 12.3. The molecule has 33 heavy (non-hydrogen) atoms. The van der Waals surface area contributed by atoms with E-state index in [1.807, 2.05) is 19.9 Å². The Labute approximate surface area is 195 Å². The van der Waals surface area contributed by atoms with E-state index in [9.17, 15) is 13.2 Å². The van der Waals surface area contributed by atoms with E-state index < -0.39 is 27.8 Å². The van der Waals surface area contributed by atoms with Crippen LogP contribution < -0.4 is 15.8 Å². The van der Waals surface area contributed by atoms with Crippen LogP contribution in [-0.2, 0) is 14.8 Å². The Morgan fingerprint density at radius 1 is 1.24 bits per heavy atom.